The summed E-state index contributed by atoms with van der Waals surface area (Å²) in [5.74, 6) is 1.85. The third-order valence-corrected chi connectivity index (χ3v) is 4.86. The van der Waals surface area contributed by atoms with Crippen LogP contribution in [0.5, 0.6) is 0 Å². The van der Waals surface area contributed by atoms with Crippen molar-refractivity contribution in [3.8, 4) is 0 Å². The molecule has 0 aromatic rings. The molecule has 3 heteroatoms. The summed E-state index contributed by atoms with van der Waals surface area (Å²) >= 11 is 0. The molecule has 0 radical (unpaired) electrons. The van der Waals surface area contributed by atoms with Crippen molar-refractivity contribution < 1.29 is 0 Å². The molecule has 0 spiro atoms. The lowest BCUT2D eigenvalue weighted by Crippen LogP contribution is -2.38. The van der Waals surface area contributed by atoms with E-state index in [1.165, 1.54) is 65.1 Å². The predicted octanol–water partition coefficient (Wildman–Crippen LogP) is 2.04. The third kappa shape index (κ3) is 5.05. The van der Waals surface area contributed by atoms with Gasteiger partial charge in [-0.3, -0.25) is 0 Å². The van der Waals surface area contributed by atoms with E-state index in [-0.39, 0.29) is 0 Å². The van der Waals surface area contributed by atoms with E-state index >= 15 is 0 Å². The zero-order valence-corrected chi connectivity index (χ0v) is 13.2. The van der Waals surface area contributed by atoms with Gasteiger partial charge in [0, 0.05) is 19.1 Å². The second-order valence-corrected chi connectivity index (χ2v) is 6.85. The summed E-state index contributed by atoms with van der Waals surface area (Å²) in [4.78, 5) is 5.31. The van der Waals surface area contributed by atoms with Crippen LogP contribution in [0.4, 0.5) is 0 Å². The van der Waals surface area contributed by atoms with Gasteiger partial charge in [-0.25, -0.2) is 0 Å². The first-order valence-electron chi connectivity index (χ1n) is 8.35. The minimum atomic E-state index is 0.632. The van der Waals surface area contributed by atoms with E-state index in [0.717, 1.165) is 11.8 Å². The Morgan fingerprint density at radius 2 is 1.63 bits per heavy atom. The first kappa shape index (κ1) is 15.3. The topological polar surface area (TPSA) is 18.5 Å². The molecular weight excluding hydrogens is 234 g/mol. The van der Waals surface area contributed by atoms with Crippen molar-refractivity contribution in [3.63, 3.8) is 0 Å². The lowest BCUT2D eigenvalue weighted by molar-refractivity contribution is 0.157. The minimum Gasteiger partial charge on any atom is -0.314 e. The van der Waals surface area contributed by atoms with Gasteiger partial charge in [-0.05, 0) is 63.8 Å². The average Bonchev–Trinajstić information content (AvgIpc) is 2.85. The zero-order chi connectivity index (χ0) is 13.7. The summed E-state index contributed by atoms with van der Waals surface area (Å²) in [5, 5.41) is 3.59. The summed E-state index contributed by atoms with van der Waals surface area (Å²) in [6.45, 7) is 15.9. The average molecular weight is 267 g/mol. The Balaban J connectivity index is 1.62. The highest BCUT2D eigenvalue weighted by Crippen LogP contribution is 2.22. The van der Waals surface area contributed by atoms with E-state index in [1.807, 2.05) is 0 Å². The largest absolute Gasteiger partial charge is 0.314 e. The van der Waals surface area contributed by atoms with Crippen molar-refractivity contribution in [1.82, 2.24) is 15.1 Å². The Labute approximate surface area is 119 Å². The SMILES string of the molecule is CCN1CCC(CN2CCC(CNC(C)C)C2)CC1. The van der Waals surface area contributed by atoms with Crippen molar-refractivity contribution in [2.45, 2.75) is 46.1 Å². The maximum absolute atomic E-state index is 3.59. The molecule has 3 nitrogen and oxygen atoms in total. The van der Waals surface area contributed by atoms with E-state index in [2.05, 4.69) is 35.9 Å². The molecule has 0 amide bonds. The molecule has 2 aliphatic rings. The monoisotopic (exact) mass is 267 g/mol. The Morgan fingerprint density at radius 1 is 1.00 bits per heavy atom. The van der Waals surface area contributed by atoms with Crippen LogP contribution in [-0.4, -0.2) is 61.7 Å². The second-order valence-electron chi connectivity index (χ2n) is 6.85. The number of likely N-dealkylation sites (tertiary alicyclic amines) is 2. The third-order valence-electron chi connectivity index (χ3n) is 4.86. The molecule has 2 heterocycles. The number of piperidine rings is 1. The van der Waals surface area contributed by atoms with E-state index in [9.17, 15) is 0 Å². The van der Waals surface area contributed by atoms with Crippen LogP contribution in [0.2, 0.25) is 0 Å². The van der Waals surface area contributed by atoms with Crippen LogP contribution in [0.3, 0.4) is 0 Å². The molecule has 2 rings (SSSR count). The molecule has 1 atom stereocenters. The highest BCUT2D eigenvalue weighted by molar-refractivity contribution is 4.81. The number of nitrogens with one attached hydrogen (secondary N) is 1. The smallest absolute Gasteiger partial charge is 0.00224 e. The van der Waals surface area contributed by atoms with Crippen LogP contribution in [0.25, 0.3) is 0 Å². The summed E-state index contributed by atoms with van der Waals surface area (Å²) in [6.07, 6.45) is 4.23. The molecule has 0 aromatic carbocycles. The predicted molar refractivity (Wildman–Crippen MR) is 82.5 cm³/mol. The van der Waals surface area contributed by atoms with Crippen LogP contribution >= 0.6 is 0 Å². The molecule has 2 saturated heterocycles. The lowest BCUT2D eigenvalue weighted by atomic mass is 9.96. The van der Waals surface area contributed by atoms with Crippen molar-refractivity contribution in [2.24, 2.45) is 11.8 Å². The second kappa shape index (κ2) is 7.61. The molecule has 1 N–H and O–H groups in total. The fraction of sp³-hybridized carbons (Fsp3) is 1.00. The Bertz CT molecular complexity index is 246. The molecule has 19 heavy (non-hydrogen) atoms. The normalized spacial score (nSPS) is 27.5. The van der Waals surface area contributed by atoms with Gasteiger partial charge in [0.2, 0.25) is 0 Å². The van der Waals surface area contributed by atoms with Crippen molar-refractivity contribution >= 4 is 0 Å². The summed E-state index contributed by atoms with van der Waals surface area (Å²) in [5.41, 5.74) is 0. The summed E-state index contributed by atoms with van der Waals surface area (Å²) in [6, 6.07) is 0.632. The van der Waals surface area contributed by atoms with Gasteiger partial charge in [0.15, 0.2) is 0 Å². The Hall–Kier alpha value is -0.120. The number of nitrogens with zero attached hydrogens (tertiary/aromatic N) is 2. The van der Waals surface area contributed by atoms with Gasteiger partial charge in [-0.2, -0.15) is 0 Å². The quantitative estimate of drug-likeness (QED) is 0.794. The van der Waals surface area contributed by atoms with Gasteiger partial charge in [-0.1, -0.05) is 20.8 Å². The Morgan fingerprint density at radius 3 is 2.26 bits per heavy atom. The van der Waals surface area contributed by atoms with E-state index in [1.54, 1.807) is 0 Å². The molecule has 0 aromatic heterocycles. The highest BCUT2D eigenvalue weighted by atomic mass is 15.2. The standard InChI is InChI=1S/C16H33N3/c1-4-18-8-5-15(6-9-18)12-19-10-7-16(13-19)11-17-14(2)3/h14-17H,4-13H2,1-3H3. The summed E-state index contributed by atoms with van der Waals surface area (Å²) in [7, 11) is 0. The first-order valence-corrected chi connectivity index (χ1v) is 8.35. The molecule has 1 unspecified atom stereocenters. The number of hydrogen-bond donors (Lipinski definition) is 1. The Kier molecular flexibility index (Phi) is 6.11. The van der Waals surface area contributed by atoms with Crippen LogP contribution in [0, 0.1) is 11.8 Å². The van der Waals surface area contributed by atoms with Gasteiger partial charge in [-0.15, -0.1) is 0 Å². The number of rotatable bonds is 6. The van der Waals surface area contributed by atoms with Crippen molar-refractivity contribution in [3.05, 3.63) is 0 Å². The van der Waals surface area contributed by atoms with Crippen LogP contribution in [0.1, 0.15) is 40.0 Å². The zero-order valence-electron chi connectivity index (χ0n) is 13.2. The van der Waals surface area contributed by atoms with Gasteiger partial charge < -0.3 is 15.1 Å². The van der Waals surface area contributed by atoms with Crippen molar-refractivity contribution in [1.29, 1.82) is 0 Å². The maximum atomic E-state index is 3.59. The molecule has 0 bridgehead atoms. The fourth-order valence-corrected chi connectivity index (χ4v) is 3.50. The molecule has 0 saturated carbocycles. The van der Waals surface area contributed by atoms with E-state index in [4.69, 9.17) is 0 Å². The molecular formula is C16H33N3. The number of hydrogen-bond acceptors (Lipinski definition) is 3. The summed E-state index contributed by atoms with van der Waals surface area (Å²) < 4.78 is 0. The first-order chi connectivity index (χ1) is 9.17. The van der Waals surface area contributed by atoms with Crippen molar-refractivity contribution in [2.75, 3.05) is 45.8 Å². The van der Waals surface area contributed by atoms with Gasteiger partial charge in [0.05, 0.1) is 0 Å². The lowest BCUT2D eigenvalue weighted by Gasteiger charge is -2.33. The van der Waals surface area contributed by atoms with Crippen LogP contribution in [0.15, 0.2) is 0 Å². The highest BCUT2D eigenvalue weighted by Gasteiger charge is 2.26. The molecule has 2 aliphatic heterocycles. The van der Waals surface area contributed by atoms with Gasteiger partial charge >= 0.3 is 0 Å². The van der Waals surface area contributed by atoms with Gasteiger partial charge in [0.25, 0.3) is 0 Å². The van der Waals surface area contributed by atoms with E-state index < -0.39 is 0 Å². The fourth-order valence-electron chi connectivity index (χ4n) is 3.50. The van der Waals surface area contributed by atoms with Gasteiger partial charge in [0.1, 0.15) is 0 Å². The van der Waals surface area contributed by atoms with E-state index in [0.29, 0.717) is 6.04 Å². The maximum Gasteiger partial charge on any atom is 0.00224 e. The minimum absolute atomic E-state index is 0.632. The molecule has 112 valence electrons. The van der Waals surface area contributed by atoms with Crippen LogP contribution < -0.4 is 5.32 Å². The molecule has 0 aliphatic carbocycles. The molecule has 2 fully saturated rings. The van der Waals surface area contributed by atoms with Crippen LogP contribution in [-0.2, 0) is 0 Å².